The van der Waals surface area contributed by atoms with Gasteiger partial charge in [0.25, 0.3) is 5.91 Å². The minimum Gasteiger partial charge on any atom is -0.497 e. The summed E-state index contributed by atoms with van der Waals surface area (Å²) in [4.78, 5) is 26.6. The number of amides is 2. The Morgan fingerprint density at radius 1 is 1.17 bits per heavy atom. The Balaban J connectivity index is 1.58. The molecule has 7 heteroatoms. The third-order valence-corrected chi connectivity index (χ3v) is 5.25. The number of hydrogen-bond acceptors (Lipinski definition) is 5. The first-order chi connectivity index (χ1) is 14.1. The molecule has 0 aromatic heterocycles. The van der Waals surface area contributed by atoms with Crippen LogP contribution in [0.15, 0.2) is 59.7 Å². The molecule has 4 rings (SSSR count). The third kappa shape index (κ3) is 4.30. The molecule has 2 aliphatic rings. The van der Waals surface area contributed by atoms with Crippen molar-refractivity contribution < 1.29 is 14.3 Å². The van der Waals surface area contributed by atoms with Crippen LogP contribution in [0.4, 0.5) is 0 Å². The lowest BCUT2D eigenvalue weighted by molar-refractivity contribution is -0.135. The number of hydrogen-bond donors (Lipinski definition) is 1. The zero-order chi connectivity index (χ0) is 20.2. The fourth-order valence-corrected chi connectivity index (χ4v) is 3.72. The fraction of sp³-hybridized carbons (Fsp3) is 0.318. The van der Waals surface area contributed by atoms with Crippen molar-refractivity contribution in [3.8, 4) is 5.75 Å². The van der Waals surface area contributed by atoms with Gasteiger partial charge in [-0.2, -0.15) is 5.10 Å². The lowest BCUT2D eigenvalue weighted by Gasteiger charge is -2.29. The topological polar surface area (TPSA) is 74.2 Å². The van der Waals surface area contributed by atoms with Crippen molar-refractivity contribution in [3.63, 3.8) is 0 Å². The summed E-state index contributed by atoms with van der Waals surface area (Å²) < 4.78 is 5.25. The van der Waals surface area contributed by atoms with Gasteiger partial charge in [0.15, 0.2) is 0 Å². The van der Waals surface area contributed by atoms with Gasteiger partial charge >= 0.3 is 0 Å². The molecule has 1 atom stereocenters. The van der Waals surface area contributed by atoms with Crippen molar-refractivity contribution in [2.24, 2.45) is 5.10 Å². The monoisotopic (exact) mass is 392 g/mol. The van der Waals surface area contributed by atoms with Crippen LogP contribution in [0.25, 0.3) is 0 Å². The van der Waals surface area contributed by atoms with Gasteiger partial charge in [-0.15, -0.1) is 0 Å². The fourth-order valence-electron chi connectivity index (χ4n) is 3.72. The third-order valence-electron chi connectivity index (χ3n) is 5.25. The highest BCUT2D eigenvalue weighted by atomic mass is 16.5. The van der Waals surface area contributed by atoms with Crippen LogP contribution in [-0.4, -0.2) is 60.7 Å². The number of hydrazone groups is 1. The molecule has 0 radical (unpaired) electrons. The van der Waals surface area contributed by atoms with Crippen molar-refractivity contribution in [1.29, 1.82) is 0 Å². The number of nitrogens with one attached hydrogen (secondary N) is 1. The number of ether oxygens (including phenoxy) is 1. The van der Waals surface area contributed by atoms with Crippen molar-refractivity contribution in [2.75, 3.05) is 33.3 Å². The van der Waals surface area contributed by atoms with Gasteiger partial charge in [0, 0.05) is 19.5 Å². The zero-order valence-electron chi connectivity index (χ0n) is 16.4. The van der Waals surface area contributed by atoms with Crippen molar-refractivity contribution in [1.82, 2.24) is 15.2 Å². The van der Waals surface area contributed by atoms with Crippen LogP contribution in [0.3, 0.4) is 0 Å². The Hall–Kier alpha value is -3.19. The predicted molar refractivity (Wildman–Crippen MR) is 110 cm³/mol. The Kier molecular flexibility index (Phi) is 5.57. The highest BCUT2D eigenvalue weighted by Crippen LogP contribution is 2.33. The lowest BCUT2D eigenvalue weighted by atomic mass is 9.98. The minimum absolute atomic E-state index is 0.0503. The molecule has 1 unspecified atom stereocenters. The molecule has 2 aromatic carbocycles. The van der Waals surface area contributed by atoms with E-state index in [1.165, 1.54) is 0 Å². The van der Waals surface area contributed by atoms with E-state index in [1.807, 2.05) is 59.5 Å². The Morgan fingerprint density at radius 3 is 2.62 bits per heavy atom. The van der Waals surface area contributed by atoms with Crippen molar-refractivity contribution >= 4 is 17.5 Å². The Morgan fingerprint density at radius 2 is 1.93 bits per heavy atom. The van der Waals surface area contributed by atoms with E-state index in [-0.39, 0.29) is 30.9 Å². The van der Waals surface area contributed by atoms with Crippen molar-refractivity contribution in [2.45, 2.75) is 12.5 Å². The van der Waals surface area contributed by atoms with Crippen LogP contribution in [0.5, 0.6) is 5.75 Å². The van der Waals surface area contributed by atoms with E-state index in [2.05, 4.69) is 10.4 Å². The van der Waals surface area contributed by atoms with Crippen LogP contribution < -0.4 is 10.1 Å². The Labute approximate surface area is 169 Å². The first kappa shape index (κ1) is 19.1. The maximum absolute atomic E-state index is 13.1. The lowest BCUT2D eigenvalue weighted by Crippen LogP contribution is -2.50. The molecule has 0 bridgehead atoms. The van der Waals surface area contributed by atoms with Gasteiger partial charge in [0.05, 0.1) is 32.0 Å². The molecular formula is C22H24N4O3. The molecule has 1 N–H and O–H groups in total. The first-order valence-corrected chi connectivity index (χ1v) is 9.72. The average molecular weight is 392 g/mol. The summed E-state index contributed by atoms with van der Waals surface area (Å²) in [6, 6.07) is 17.5. The highest BCUT2D eigenvalue weighted by molar-refractivity contribution is 6.03. The summed E-state index contributed by atoms with van der Waals surface area (Å²) in [7, 11) is 1.63. The van der Waals surface area contributed by atoms with Crippen LogP contribution in [0.2, 0.25) is 0 Å². The molecule has 29 heavy (non-hydrogen) atoms. The van der Waals surface area contributed by atoms with Crippen LogP contribution in [-0.2, 0) is 9.59 Å². The molecule has 1 saturated heterocycles. The normalized spacial score (nSPS) is 19.6. The van der Waals surface area contributed by atoms with Gasteiger partial charge in [-0.25, -0.2) is 5.01 Å². The molecule has 1 fully saturated rings. The maximum atomic E-state index is 13.1. The van der Waals surface area contributed by atoms with E-state index in [0.717, 1.165) is 22.6 Å². The average Bonchev–Trinajstić information content (AvgIpc) is 3.20. The van der Waals surface area contributed by atoms with Gasteiger partial charge in [-0.05, 0) is 23.3 Å². The molecule has 2 amide bonds. The first-order valence-electron chi connectivity index (χ1n) is 9.72. The number of carbonyl (C=O) groups excluding carboxylic acids is 2. The standard InChI is InChI=1S/C22H24N4O3/c1-29-18-9-7-17(8-10-18)20-13-19(16-5-3-2-4-6-16)24-26(20)22(28)15-25-12-11-23-21(27)14-25/h2-10,20H,11-15H2,1H3,(H,23,27). The molecule has 2 aliphatic heterocycles. The molecular weight excluding hydrogens is 368 g/mol. The highest BCUT2D eigenvalue weighted by Gasteiger charge is 2.34. The quantitative estimate of drug-likeness (QED) is 0.842. The largest absolute Gasteiger partial charge is 0.497 e. The van der Waals surface area contributed by atoms with E-state index in [4.69, 9.17) is 4.74 Å². The molecule has 2 heterocycles. The molecule has 0 saturated carbocycles. The van der Waals surface area contributed by atoms with Crippen LogP contribution >= 0.6 is 0 Å². The van der Waals surface area contributed by atoms with Gasteiger partial charge in [-0.1, -0.05) is 42.5 Å². The summed E-state index contributed by atoms with van der Waals surface area (Å²) in [6.45, 7) is 1.63. The molecule has 7 nitrogen and oxygen atoms in total. The maximum Gasteiger partial charge on any atom is 0.257 e. The SMILES string of the molecule is COc1ccc(C2CC(c3ccccc3)=NN2C(=O)CN2CCNC(=O)C2)cc1. The van der Waals surface area contributed by atoms with E-state index >= 15 is 0 Å². The number of methoxy groups -OCH3 is 1. The van der Waals surface area contributed by atoms with E-state index < -0.39 is 0 Å². The van der Waals surface area contributed by atoms with Gasteiger partial charge in [0.2, 0.25) is 5.91 Å². The summed E-state index contributed by atoms with van der Waals surface area (Å²) in [5.41, 5.74) is 2.90. The smallest absolute Gasteiger partial charge is 0.257 e. The number of benzene rings is 2. The second-order valence-electron chi connectivity index (χ2n) is 7.20. The number of piperazine rings is 1. The molecule has 0 aliphatic carbocycles. The molecule has 2 aromatic rings. The summed E-state index contributed by atoms with van der Waals surface area (Å²) in [5, 5.41) is 9.05. The van der Waals surface area contributed by atoms with Crippen molar-refractivity contribution in [3.05, 3.63) is 65.7 Å². The van der Waals surface area contributed by atoms with Gasteiger partial charge in [0.1, 0.15) is 5.75 Å². The van der Waals surface area contributed by atoms with E-state index in [1.54, 1.807) is 12.1 Å². The minimum atomic E-state index is -0.178. The molecule has 150 valence electrons. The van der Waals surface area contributed by atoms with Gasteiger partial charge < -0.3 is 10.1 Å². The molecule has 0 spiro atoms. The summed E-state index contributed by atoms with van der Waals surface area (Å²) in [5.74, 6) is 0.616. The second-order valence-corrected chi connectivity index (χ2v) is 7.20. The Bertz CT molecular complexity index is 911. The van der Waals surface area contributed by atoms with E-state index in [9.17, 15) is 9.59 Å². The van der Waals surface area contributed by atoms with Crippen LogP contribution in [0.1, 0.15) is 23.6 Å². The predicted octanol–water partition coefficient (Wildman–Crippen LogP) is 1.80. The second kappa shape index (κ2) is 8.45. The number of rotatable bonds is 5. The van der Waals surface area contributed by atoms with E-state index in [0.29, 0.717) is 19.5 Å². The summed E-state index contributed by atoms with van der Waals surface area (Å²) >= 11 is 0. The van der Waals surface area contributed by atoms with Crippen LogP contribution in [0, 0.1) is 0 Å². The van der Waals surface area contributed by atoms with Gasteiger partial charge in [-0.3, -0.25) is 14.5 Å². The zero-order valence-corrected chi connectivity index (χ0v) is 16.4. The number of carbonyl (C=O) groups is 2. The number of nitrogens with zero attached hydrogens (tertiary/aromatic N) is 3. The summed E-state index contributed by atoms with van der Waals surface area (Å²) in [6.07, 6.45) is 0.641.